The smallest absolute Gasteiger partial charge is 0.0663 e. The summed E-state index contributed by atoms with van der Waals surface area (Å²) in [6.45, 7) is 2.48. The van der Waals surface area contributed by atoms with Crippen molar-refractivity contribution in [1.82, 2.24) is 9.03 Å². The lowest BCUT2D eigenvalue weighted by molar-refractivity contribution is 0.714. The normalized spacial score (nSPS) is 10.2. The van der Waals surface area contributed by atoms with Crippen molar-refractivity contribution in [3.63, 3.8) is 0 Å². The molecule has 0 bridgehead atoms. The van der Waals surface area contributed by atoms with Crippen molar-refractivity contribution in [2.45, 2.75) is 6.92 Å². The second-order valence-corrected chi connectivity index (χ2v) is 3.65. The maximum absolute atomic E-state index is 7.29. The molecule has 0 rings (SSSR count). The monoisotopic (exact) mass is 205 g/mol. The number of hydrogen-bond acceptors (Lipinski definition) is 5. The van der Waals surface area contributed by atoms with Crippen molar-refractivity contribution in [2.75, 3.05) is 19.1 Å². The Bertz CT molecular complexity index is 159. The van der Waals surface area contributed by atoms with Gasteiger partial charge in [-0.1, -0.05) is 23.9 Å². The topological polar surface area (TPSA) is 39.1 Å². The quantitative estimate of drug-likeness (QED) is 0.513. The largest absolute Gasteiger partial charge is 0.335 e. The lowest BCUT2D eigenvalue weighted by Crippen LogP contribution is -2.15. The molecule has 70 valence electrons. The Morgan fingerprint density at radius 1 is 1.58 bits per heavy atom. The second kappa shape index (κ2) is 7.36. The molecule has 0 aromatic carbocycles. The molecule has 2 N–H and O–H groups in total. The molecule has 0 fully saturated rings. The van der Waals surface area contributed by atoms with Gasteiger partial charge in [0.2, 0.25) is 0 Å². The fraction of sp³-hybridized carbons (Fsp3) is 0.571. The summed E-state index contributed by atoms with van der Waals surface area (Å²) in [4.78, 5) is 0. The van der Waals surface area contributed by atoms with Crippen LogP contribution in [0.5, 0.6) is 0 Å². The third kappa shape index (κ3) is 6.42. The number of nitrogens with one attached hydrogen (secondary N) is 2. The van der Waals surface area contributed by atoms with Crippen LogP contribution in [0.25, 0.3) is 0 Å². The maximum atomic E-state index is 7.29. The number of nitrogens with zero attached hydrogens (tertiary/aromatic N) is 1. The molecule has 0 unspecified atom stereocenters. The average molecular weight is 205 g/mol. The molecule has 0 aliphatic rings. The Hall–Kier alpha value is -0.290. The molecule has 5 heteroatoms. The molecule has 0 aliphatic heterocycles. The Kier molecular flexibility index (Phi) is 7.19. The first-order chi connectivity index (χ1) is 5.70. The molecule has 0 saturated heterocycles. The molecule has 0 aromatic rings. The van der Waals surface area contributed by atoms with Gasteiger partial charge in [-0.25, -0.2) is 0 Å². The molecular weight excluding hydrogens is 190 g/mol. The van der Waals surface area contributed by atoms with Crippen LogP contribution in [-0.2, 0) is 0 Å². The van der Waals surface area contributed by atoms with Crippen LogP contribution < -0.4 is 4.72 Å². The van der Waals surface area contributed by atoms with E-state index < -0.39 is 0 Å². The SMILES string of the molecule is CSN/C=C\N(CC(C)=N)SC. The fourth-order valence-corrected chi connectivity index (χ4v) is 1.30. The van der Waals surface area contributed by atoms with Gasteiger partial charge >= 0.3 is 0 Å². The van der Waals surface area contributed by atoms with Crippen molar-refractivity contribution in [3.8, 4) is 0 Å². The summed E-state index contributed by atoms with van der Waals surface area (Å²) in [6, 6.07) is 0. The number of hydrogen-bond donors (Lipinski definition) is 2. The third-order valence-corrected chi connectivity index (χ3v) is 2.15. The Morgan fingerprint density at radius 3 is 2.67 bits per heavy atom. The minimum atomic E-state index is 0.665. The predicted octanol–water partition coefficient (Wildman–Crippen LogP) is 1.94. The number of rotatable bonds is 6. The van der Waals surface area contributed by atoms with Crippen molar-refractivity contribution >= 4 is 29.6 Å². The zero-order valence-corrected chi connectivity index (χ0v) is 9.26. The van der Waals surface area contributed by atoms with E-state index in [9.17, 15) is 0 Å². The Balaban J connectivity index is 3.73. The molecule has 0 atom stereocenters. The van der Waals surface area contributed by atoms with E-state index in [4.69, 9.17) is 5.41 Å². The highest BCUT2D eigenvalue weighted by Crippen LogP contribution is 2.04. The molecule has 0 radical (unpaired) electrons. The van der Waals surface area contributed by atoms with E-state index in [0.717, 1.165) is 0 Å². The van der Waals surface area contributed by atoms with Crippen molar-refractivity contribution < 1.29 is 0 Å². The Morgan fingerprint density at radius 2 is 2.25 bits per heavy atom. The molecular formula is C7H15N3S2. The van der Waals surface area contributed by atoms with Crippen LogP contribution >= 0.6 is 23.9 Å². The minimum Gasteiger partial charge on any atom is -0.335 e. The highest BCUT2D eigenvalue weighted by Gasteiger charge is 1.96. The zero-order valence-electron chi connectivity index (χ0n) is 7.63. The van der Waals surface area contributed by atoms with E-state index in [1.54, 1.807) is 30.8 Å². The van der Waals surface area contributed by atoms with Gasteiger partial charge in [-0.3, -0.25) is 0 Å². The second-order valence-electron chi connectivity index (χ2n) is 2.18. The maximum Gasteiger partial charge on any atom is 0.0663 e. The van der Waals surface area contributed by atoms with Gasteiger partial charge in [0.05, 0.1) is 6.54 Å². The first-order valence-corrected chi connectivity index (χ1v) is 5.91. The highest BCUT2D eigenvalue weighted by atomic mass is 32.2. The molecule has 0 spiro atoms. The summed E-state index contributed by atoms with van der Waals surface area (Å²) in [5.74, 6) is 0. The summed E-state index contributed by atoms with van der Waals surface area (Å²) >= 11 is 3.15. The molecule has 0 amide bonds. The van der Waals surface area contributed by atoms with E-state index in [0.29, 0.717) is 12.3 Å². The van der Waals surface area contributed by atoms with Crippen LogP contribution in [0.4, 0.5) is 0 Å². The van der Waals surface area contributed by atoms with E-state index in [2.05, 4.69) is 4.72 Å². The van der Waals surface area contributed by atoms with Crippen LogP contribution in [0.2, 0.25) is 0 Å². The van der Waals surface area contributed by atoms with Crippen LogP contribution in [0.3, 0.4) is 0 Å². The van der Waals surface area contributed by atoms with Crippen molar-refractivity contribution in [1.29, 1.82) is 5.41 Å². The fourth-order valence-electron chi connectivity index (χ4n) is 0.593. The first-order valence-electron chi connectivity index (χ1n) is 3.50. The molecule has 0 aromatic heterocycles. The summed E-state index contributed by atoms with van der Waals surface area (Å²) in [5.41, 5.74) is 0.665. The lowest BCUT2D eigenvalue weighted by atomic mass is 10.4. The van der Waals surface area contributed by atoms with Gasteiger partial charge in [0.25, 0.3) is 0 Å². The van der Waals surface area contributed by atoms with Crippen LogP contribution in [0, 0.1) is 5.41 Å². The molecule has 12 heavy (non-hydrogen) atoms. The van der Waals surface area contributed by atoms with Gasteiger partial charge in [-0.05, 0) is 6.92 Å². The van der Waals surface area contributed by atoms with Gasteiger partial charge in [0, 0.05) is 30.6 Å². The highest BCUT2D eigenvalue weighted by molar-refractivity contribution is 7.96. The van der Waals surface area contributed by atoms with Gasteiger partial charge in [0.1, 0.15) is 0 Å². The van der Waals surface area contributed by atoms with E-state index in [-0.39, 0.29) is 0 Å². The van der Waals surface area contributed by atoms with Gasteiger partial charge in [0.15, 0.2) is 0 Å². The minimum absolute atomic E-state index is 0.665. The Labute approximate surface area is 82.8 Å². The third-order valence-electron chi connectivity index (χ3n) is 1.05. The van der Waals surface area contributed by atoms with Crippen LogP contribution in [-0.4, -0.2) is 29.1 Å². The summed E-state index contributed by atoms with van der Waals surface area (Å²) in [5, 5.41) is 7.29. The van der Waals surface area contributed by atoms with E-state index >= 15 is 0 Å². The van der Waals surface area contributed by atoms with E-state index in [1.165, 1.54) is 0 Å². The van der Waals surface area contributed by atoms with Gasteiger partial charge in [-0.15, -0.1) is 0 Å². The van der Waals surface area contributed by atoms with Crippen molar-refractivity contribution in [3.05, 3.63) is 12.4 Å². The van der Waals surface area contributed by atoms with Crippen molar-refractivity contribution in [2.24, 2.45) is 0 Å². The van der Waals surface area contributed by atoms with Gasteiger partial charge < -0.3 is 14.4 Å². The zero-order chi connectivity index (χ0) is 9.40. The average Bonchev–Trinajstić information content (AvgIpc) is 2.02. The van der Waals surface area contributed by atoms with Gasteiger partial charge in [-0.2, -0.15) is 0 Å². The van der Waals surface area contributed by atoms with E-state index in [1.807, 2.05) is 29.2 Å². The molecule has 0 saturated carbocycles. The predicted molar refractivity (Wildman–Crippen MR) is 59.4 cm³/mol. The first kappa shape index (κ1) is 11.7. The standard InChI is InChI=1S/C7H15N3S2/c1-7(8)6-10(12-3)5-4-9-11-2/h4-5,8-9H,6H2,1-3H3/b5-4-,8-7?. The lowest BCUT2D eigenvalue weighted by Gasteiger charge is -2.15. The van der Waals surface area contributed by atoms with Crippen LogP contribution in [0.15, 0.2) is 12.4 Å². The summed E-state index contributed by atoms with van der Waals surface area (Å²) in [6.07, 6.45) is 7.76. The molecule has 3 nitrogen and oxygen atoms in total. The summed E-state index contributed by atoms with van der Waals surface area (Å²) < 4.78 is 4.99. The van der Waals surface area contributed by atoms with Crippen LogP contribution in [0.1, 0.15) is 6.92 Å². The summed E-state index contributed by atoms with van der Waals surface area (Å²) in [7, 11) is 0. The molecule has 0 heterocycles. The molecule has 0 aliphatic carbocycles.